The predicted molar refractivity (Wildman–Crippen MR) is 152 cm³/mol. The summed E-state index contributed by atoms with van der Waals surface area (Å²) in [5.41, 5.74) is 1.36. The van der Waals surface area contributed by atoms with Gasteiger partial charge in [0, 0.05) is 32.4 Å². The maximum absolute atomic E-state index is 14.3. The second kappa shape index (κ2) is 12.1. The lowest BCUT2D eigenvalue weighted by Crippen LogP contribution is -2.45. The lowest BCUT2D eigenvalue weighted by Gasteiger charge is -2.31. The van der Waals surface area contributed by atoms with Gasteiger partial charge in [-0.05, 0) is 63.8 Å². The molecule has 1 fully saturated rings. The van der Waals surface area contributed by atoms with Gasteiger partial charge in [0.25, 0.3) is 16.1 Å². The minimum absolute atomic E-state index is 0.0532. The first-order chi connectivity index (χ1) is 19.3. The van der Waals surface area contributed by atoms with Crippen molar-refractivity contribution in [3.8, 4) is 17.5 Å². The van der Waals surface area contributed by atoms with Gasteiger partial charge in [0.05, 0.1) is 52.1 Å². The molecule has 12 nitrogen and oxygen atoms in total. The maximum atomic E-state index is 14.3. The van der Waals surface area contributed by atoms with Gasteiger partial charge in [-0.15, -0.1) is 0 Å². The van der Waals surface area contributed by atoms with E-state index in [-0.39, 0.29) is 24.2 Å². The van der Waals surface area contributed by atoms with Gasteiger partial charge in [0.15, 0.2) is 0 Å². The highest BCUT2D eigenvalue weighted by Crippen LogP contribution is 2.29. The van der Waals surface area contributed by atoms with Crippen molar-refractivity contribution >= 4 is 27.3 Å². The van der Waals surface area contributed by atoms with E-state index in [2.05, 4.69) is 31.5 Å². The lowest BCUT2D eigenvalue weighted by atomic mass is 9.91. The van der Waals surface area contributed by atoms with Crippen LogP contribution in [0.5, 0.6) is 0 Å². The largest absolute Gasteiger partial charge is 0.387 e. The number of fused-ring (bicyclic) bond motifs is 1. The number of aromatic nitrogens is 3. The number of alkyl halides is 1. The van der Waals surface area contributed by atoms with Crippen molar-refractivity contribution in [1.29, 1.82) is 5.26 Å². The Morgan fingerprint density at radius 2 is 1.90 bits per heavy atom. The van der Waals surface area contributed by atoms with Gasteiger partial charge < -0.3 is 15.7 Å². The first-order valence-electron chi connectivity index (χ1n) is 13.3. The van der Waals surface area contributed by atoms with Crippen LogP contribution in [0.25, 0.3) is 16.9 Å². The molecule has 1 amide bonds. The molecule has 0 aromatic carbocycles. The monoisotopic (exact) mass is 586 g/mol. The Labute approximate surface area is 238 Å². The Kier molecular flexibility index (Phi) is 8.93. The number of pyridine rings is 1. The van der Waals surface area contributed by atoms with Crippen LogP contribution in [-0.4, -0.2) is 82.8 Å². The third-order valence-corrected chi connectivity index (χ3v) is 8.72. The predicted octanol–water partition coefficient (Wildman–Crippen LogP) is 2.23. The molecule has 1 aliphatic rings. The van der Waals surface area contributed by atoms with Gasteiger partial charge in [0.1, 0.15) is 12.2 Å². The topological polar surface area (TPSA) is 165 Å². The summed E-state index contributed by atoms with van der Waals surface area (Å²) >= 11 is 0. The van der Waals surface area contributed by atoms with Crippen LogP contribution in [0.3, 0.4) is 0 Å². The van der Waals surface area contributed by atoms with Crippen LogP contribution >= 0.6 is 0 Å². The zero-order chi connectivity index (χ0) is 29.9. The molecule has 3 aromatic rings. The smallest absolute Gasteiger partial charge is 0.279 e. The fourth-order valence-electron chi connectivity index (χ4n) is 4.57. The quantitative estimate of drug-likeness (QED) is 0.281. The van der Waals surface area contributed by atoms with Crippen LogP contribution in [0.4, 0.5) is 10.1 Å². The Balaban J connectivity index is 1.58. The minimum atomic E-state index is -3.54. The number of anilines is 1. The molecule has 3 aromatic heterocycles. The molecule has 1 saturated carbocycles. The van der Waals surface area contributed by atoms with Crippen molar-refractivity contribution in [2.45, 2.75) is 63.4 Å². The van der Waals surface area contributed by atoms with E-state index < -0.39 is 27.9 Å². The summed E-state index contributed by atoms with van der Waals surface area (Å²) in [6.45, 7) is 2.28. The maximum Gasteiger partial charge on any atom is 0.279 e. The second-order valence-electron chi connectivity index (χ2n) is 11.0. The van der Waals surface area contributed by atoms with Gasteiger partial charge in [-0.3, -0.25) is 9.78 Å². The van der Waals surface area contributed by atoms with Gasteiger partial charge in [-0.2, -0.15) is 27.8 Å². The molecule has 0 spiro atoms. The molecule has 1 atom stereocenters. The molecule has 4 N–H and O–H groups in total. The number of nitrogens with one attached hydrogen (secondary N) is 3. The molecule has 0 unspecified atom stereocenters. The zero-order valence-corrected chi connectivity index (χ0v) is 24.2. The van der Waals surface area contributed by atoms with Crippen LogP contribution in [-0.2, 0) is 10.2 Å². The van der Waals surface area contributed by atoms with Crippen LogP contribution in [0.15, 0.2) is 36.7 Å². The number of rotatable bonds is 10. The summed E-state index contributed by atoms with van der Waals surface area (Å²) < 4.78 is 44.3. The fourth-order valence-corrected chi connectivity index (χ4v) is 5.44. The molecule has 1 aliphatic carbocycles. The highest BCUT2D eigenvalue weighted by Gasteiger charge is 2.29. The molecule has 0 aliphatic heterocycles. The van der Waals surface area contributed by atoms with Gasteiger partial charge in [-0.25, -0.2) is 8.91 Å². The van der Waals surface area contributed by atoms with Crippen molar-refractivity contribution in [2.24, 2.45) is 0 Å². The summed E-state index contributed by atoms with van der Waals surface area (Å²) in [4.78, 5) is 17.6. The van der Waals surface area contributed by atoms with E-state index in [1.807, 2.05) is 12.1 Å². The number of carbonyl (C=O) groups is 1. The first kappa shape index (κ1) is 30.3. The van der Waals surface area contributed by atoms with E-state index >= 15 is 0 Å². The molecular formula is C27H35FN8O4S. The van der Waals surface area contributed by atoms with E-state index in [0.717, 1.165) is 4.31 Å². The molecule has 3 heterocycles. The second-order valence-corrected chi connectivity index (χ2v) is 12.9. The van der Waals surface area contributed by atoms with Crippen LogP contribution in [0.2, 0.25) is 0 Å². The van der Waals surface area contributed by atoms with Gasteiger partial charge in [-0.1, -0.05) is 0 Å². The molecule has 41 heavy (non-hydrogen) atoms. The number of hydrogen-bond donors (Lipinski definition) is 4. The number of halogens is 1. The lowest BCUT2D eigenvalue weighted by molar-refractivity contribution is -0.00177. The molecular weight excluding hydrogens is 551 g/mol. The molecule has 14 heteroatoms. The number of nitrogens with zero attached hydrogens (tertiary/aromatic N) is 5. The van der Waals surface area contributed by atoms with E-state index in [1.54, 1.807) is 16.6 Å². The van der Waals surface area contributed by atoms with Crippen molar-refractivity contribution in [3.63, 3.8) is 0 Å². The molecule has 0 bridgehead atoms. The summed E-state index contributed by atoms with van der Waals surface area (Å²) in [5, 5.41) is 29.4. The summed E-state index contributed by atoms with van der Waals surface area (Å²) in [6.07, 6.45) is 3.70. The van der Waals surface area contributed by atoms with E-state index in [4.69, 9.17) is 0 Å². The number of carbonyl (C=O) groups excluding carboxylic acids is 1. The highest BCUT2D eigenvalue weighted by molar-refractivity contribution is 7.87. The van der Waals surface area contributed by atoms with Crippen LogP contribution in [0, 0.1) is 11.3 Å². The standard InChI is InChI=1S/C27H35FN8O4S/c1-27(2,38)25(28)16-31-26(37)21-15-30-23(24-10-9-20-11-17(13-29)14-32-36(20)24)12-22(21)33-18-5-7-19(8-6-18)34-41(39,40)35(3)4/h9-12,14-15,18-19,25,34,38H,5-8,16H2,1-4H3,(H,30,33)(H,31,37)/t18-,19-,25-/m1/s1. The highest BCUT2D eigenvalue weighted by atomic mass is 32.2. The number of nitriles is 1. The van der Waals surface area contributed by atoms with Crippen molar-refractivity contribution < 1.29 is 22.7 Å². The third-order valence-electron chi connectivity index (χ3n) is 7.13. The normalized spacial score (nSPS) is 18.7. The summed E-state index contributed by atoms with van der Waals surface area (Å²) in [7, 11) is -0.594. The number of aliphatic hydroxyl groups is 1. The molecule has 0 saturated heterocycles. The fraction of sp³-hybridized carbons (Fsp3) is 0.481. The molecule has 4 rings (SSSR count). The number of amides is 1. The Hall–Kier alpha value is -3.64. The van der Waals surface area contributed by atoms with Crippen LogP contribution in [0.1, 0.15) is 55.5 Å². The van der Waals surface area contributed by atoms with Crippen molar-refractivity contribution in [3.05, 3.63) is 47.8 Å². The zero-order valence-electron chi connectivity index (χ0n) is 23.4. The van der Waals surface area contributed by atoms with E-state index in [1.165, 1.54) is 40.3 Å². The SMILES string of the molecule is CN(C)S(=O)(=O)N[C@H]1CC[C@H](Nc2cc(-c3ccc4cc(C#N)cnn34)ncc2C(=O)NC[C@@H](F)C(C)(C)O)CC1. The number of hydrogen-bond acceptors (Lipinski definition) is 8. The van der Waals surface area contributed by atoms with Crippen molar-refractivity contribution in [2.75, 3.05) is 26.0 Å². The molecule has 0 radical (unpaired) electrons. The minimum Gasteiger partial charge on any atom is -0.387 e. The Bertz CT molecular complexity index is 1550. The first-order valence-corrected chi connectivity index (χ1v) is 14.7. The van der Waals surface area contributed by atoms with Crippen LogP contribution < -0.4 is 15.4 Å². The molecule has 220 valence electrons. The third kappa shape index (κ3) is 7.17. The summed E-state index contributed by atoms with van der Waals surface area (Å²) in [6, 6.07) is 8.87. The van der Waals surface area contributed by atoms with Gasteiger partial charge in [0.2, 0.25) is 0 Å². The van der Waals surface area contributed by atoms with Gasteiger partial charge >= 0.3 is 0 Å². The Morgan fingerprint density at radius 1 is 1.22 bits per heavy atom. The average molecular weight is 587 g/mol. The average Bonchev–Trinajstić information content (AvgIpc) is 3.35. The van der Waals surface area contributed by atoms with E-state index in [9.17, 15) is 28.0 Å². The van der Waals surface area contributed by atoms with E-state index in [0.29, 0.717) is 53.8 Å². The van der Waals surface area contributed by atoms with Crippen molar-refractivity contribution in [1.82, 2.24) is 28.9 Å². The summed E-state index contributed by atoms with van der Waals surface area (Å²) in [5.74, 6) is -0.553. The Morgan fingerprint density at radius 3 is 2.54 bits per heavy atom.